The molecule has 1 atom stereocenters. The molecule has 0 saturated heterocycles. The van der Waals surface area contributed by atoms with Crippen molar-refractivity contribution in [1.29, 1.82) is 0 Å². The molecule has 18 heavy (non-hydrogen) atoms. The highest BCUT2D eigenvalue weighted by atomic mass is 16.6. The molecule has 0 aliphatic carbocycles. The number of carbonyl (C=O) groups excluding carboxylic acids is 1. The third kappa shape index (κ3) is 2.51. The highest BCUT2D eigenvalue weighted by molar-refractivity contribution is 5.85. The molecule has 0 amide bonds. The normalized spacial score (nSPS) is 22.7. The fraction of sp³-hybridized carbons (Fsp3) is 0.357. The number of hydrogen-bond acceptors (Lipinski definition) is 3. The van der Waals surface area contributed by atoms with Gasteiger partial charge < -0.3 is 5.21 Å². The molecule has 0 spiro atoms. The Labute approximate surface area is 107 Å². The summed E-state index contributed by atoms with van der Waals surface area (Å²) in [5.41, 5.74) is 4.34. The second kappa shape index (κ2) is 5.02. The first-order valence-corrected chi connectivity index (χ1v) is 6.16. The zero-order valence-corrected chi connectivity index (χ0v) is 10.7. The molecule has 1 N–H and O–H groups in total. The number of ketones is 1. The van der Waals surface area contributed by atoms with E-state index in [0.29, 0.717) is 12.2 Å². The number of hydroxylamine groups is 1. The van der Waals surface area contributed by atoms with Crippen LogP contribution in [-0.2, 0) is 4.79 Å². The lowest BCUT2D eigenvalue weighted by molar-refractivity contribution is -0.122. The van der Waals surface area contributed by atoms with Crippen molar-refractivity contribution in [3.63, 3.8) is 0 Å². The van der Waals surface area contributed by atoms with Crippen LogP contribution in [0.15, 0.2) is 30.3 Å². The van der Waals surface area contributed by atoms with Crippen molar-refractivity contribution in [2.24, 2.45) is 5.92 Å². The highest BCUT2D eigenvalue weighted by Gasteiger charge is 2.28. The maximum absolute atomic E-state index is 12.8. The van der Waals surface area contributed by atoms with Gasteiger partial charge in [0.25, 0.3) is 0 Å². The quantitative estimate of drug-likeness (QED) is 0.657. The lowest BCUT2D eigenvalue weighted by Crippen LogP contribution is -2.57. The van der Waals surface area contributed by atoms with Gasteiger partial charge in [-0.3, -0.25) is 4.79 Å². The van der Waals surface area contributed by atoms with Crippen LogP contribution >= 0.6 is 0 Å². The molecule has 1 unspecified atom stereocenters. The van der Waals surface area contributed by atoms with Gasteiger partial charge in [-0.2, -0.15) is 5.43 Å². The Balaban J connectivity index is 2.36. The zero-order chi connectivity index (χ0) is 13.2. The predicted molar refractivity (Wildman–Crippen MR) is 73.4 cm³/mol. The molecule has 2 rings (SSSR count). The maximum Gasteiger partial charge on any atom is 0.191 e. The van der Waals surface area contributed by atoms with Crippen LogP contribution in [0.2, 0.25) is 0 Å². The van der Waals surface area contributed by atoms with Crippen LogP contribution in [-0.4, -0.2) is 18.9 Å². The van der Waals surface area contributed by atoms with Crippen molar-refractivity contribution in [2.75, 3.05) is 13.1 Å². The number of fused-ring (bicyclic) bond motifs is 1. The van der Waals surface area contributed by atoms with E-state index in [2.05, 4.69) is 5.43 Å². The second-order valence-corrected chi connectivity index (χ2v) is 4.84. The number of nitrogens with zero attached hydrogens (tertiary/aromatic N) is 1. The molecular formula is C14H18N2O2. The van der Waals surface area contributed by atoms with Gasteiger partial charge in [0.1, 0.15) is 0 Å². The topological polar surface area (TPSA) is 52.2 Å². The summed E-state index contributed by atoms with van der Waals surface area (Å²) in [5.74, 6) is -0.159. The third-order valence-electron chi connectivity index (χ3n) is 3.11. The Morgan fingerprint density at radius 2 is 2.17 bits per heavy atom. The fourth-order valence-corrected chi connectivity index (χ4v) is 1.97. The second-order valence-electron chi connectivity index (χ2n) is 4.84. The molecule has 4 nitrogen and oxygen atoms in total. The van der Waals surface area contributed by atoms with Gasteiger partial charge in [0, 0.05) is 17.5 Å². The minimum atomic E-state index is -0.778. The van der Waals surface area contributed by atoms with Crippen LogP contribution in [0.4, 0.5) is 5.69 Å². The Hall–Kier alpha value is -1.49. The van der Waals surface area contributed by atoms with Crippen molar-refractivity contribution in [1.82, 2.24) is 10.2 Å². The van der Waals surface area contributed by atoms with Gasteiger partial charge in [0.2, 0.25) is 0 Å². The van der Waals surface area contributed by atoms with Crippen LogP contribution in [0.25, 0.3) is 6.08 Å². The number of nitrogens with one attached hydrogen (secondary N) is 1. The van der Waals surface area contributed by atoms with Gasteiger partial charge in [-0.25, -0.2) is 4.76 Å². The van der Waals surface area contributed by atoms with Crippen LogP contribution in [0.3, 0.4) is 0 Å². The van der Waals surface area contributed by atoms with E-state index in [-0.39, 0.29) is 18.2 Å². The van der Waals surface area contributed by atoms with Crippen molar-refractivity contribution in [3.05, 3.63) is 41.1 Å². The summed E-state index contributed by atoms with van der Waals surface area (Å²) in [5, 5.41) is 12.8. The molecule has 0 aromatic heterocycles. The number of benzene rings is 1. The van der Waals surface area contributed by atoms with Crippen molar-refractivity contribution in [2.45, 2.75) is 13.8 Å². The highest BCUT2D eigenvalue weighted by Crippen LogP contribution is 2.27. The van der Waals surface area contributed by atoms with Gasteiger partial charge in [0.05, 0.1) is 6.54 Å². The molecule has 0 saturated carbocycles. The monoisotopic (exact) mass is 246 g/mol. The molecular weight excluding hydrogens is 228 g/mol. The Morgan fingerprint density at radius 1 is 1.44 bits per heavy atom. The van der Waals surface area contributed by atoms with Gasteiger partial charge in [0.15, 0.2) is 18.0 Å². The van der Waals surface area contributed by atoms with Crippen molar-refractivity contribution in [3.8, 4) is 0 Å². The number of Topliss-reactive ketones (excluding diaryl/α,β-unsaturated/α-hetero) is 1. The summed E-state index contributed by atoms with van der Waals surface area (Å²) >= 11 is 0. The first kappa shape index (κ1) is 13.0. The molecule has 4 heteroatoms. The first-order valence-electron chi connectivity index (χ1n) is 6.16. The number of quaternary nitrogens is 1. The zero-order valence-electron chi connectivity index (χ0n) is 10.7. The molecule has 96 valence electrons. The number of rotatable bonds is 3. The van der Waals surface area contributed by atoms with Gasteiger partial charge in [-0.15, -0.1) is 0 Å². The van der Waals surface area contributed by atoms with E-state index in [1.807, 2.05) is 44.2 Å². The predicted octanol–water partition coefficient (Wildman–Crippen LogP) is 2.25. The lowest BCUT2D eigenvalue weighted by Gasteiger charge is -2.40. The SMILES string of the molecule is CC(C)C(=O)C[N+]1([O-])NCC=Cc2ccccc21. The van der Waals surface area contributed by atoms with E-state index in [1.165, 1.54) is 0 Å². The minimum Gasteiger partial charge on any atom is -0.606 e. The summed E-state index contributed by atoms with van der Waals surface area (Å²) in [7, 11) is 0. The van der Waals surface area contributed by atoms with E-state index >= 15 is 0 Å². The third-order valence-corrected chi connectivity index (χ3v) is 3.11. The van der Waals surface area contributed by atoms with Gasteiger partial charge >= 0.3 is 0 Å². The summed E-state index contributed by atoms with van der Waals surface area (Å²) < 4.78 is -0.778. The standard InChI is InChI=1S/C14H18N2O2/c1-11(2)14(17)10-16(18)13-8-4-3-6-12(13)7-5-9-15-16/h3-8,11,15H,9-10H2,1-2H3. The minimum absolute atomic E-state index is 0.0331. The molecule has 0 bridgehead atoms. The van der Waals surface area contributed by atoms with Crippen LogP contribution in [0, 0.1) is 11.1 Å². The fourth-order valence-electron chi connectivity index (χ4n) is 1.97. The van der Waals surface area contributed by atoms with E-state index in [4.69, 9.17) is 0 Å². The molecule has 1 aliphatic rings. The molecule has 1 aliphatic heterocycles. The van der Waals surface area contributed by atoms with Crippen LogP contribution in [0.5, 0.6) is 0 Å². The first-order chi connectivity index (χ1) is 8.53. The average molecular weight is 246 g/mol. The maximum atomic E-state index is 12.8. The summed E-state index contributed by atoms with van der Waals surface area (Å²) in [6, 6.07) is 7.38. The molecule has 0 fully saturated rings. The summed E-state index contributed by atoms with van der Waals surface area (Å²) in [4.78, 5) is 11.9. The largest absolute Gasteiger partial charge is 0.606 e. The average Bonchev–Trinajstić information content (AvgIpc) is 2.50. The van der Waals surface area contributed by atoms with E-state index < -0.39 is 4.76 Å². The van der Waals surface area contributed by atoms with Crippen LogP contribution < -0.4 is 10.2 Å². The van der Waals surface area contributed by atoms with E-state index in [0.717, 1.165) is 5.56 Å². The van der Waals surface area contributed by atoms with E-state index in [9.17, 15) is 10.0 Å². The van der Waals surface area contributed by atoms with Crippen molar-refractivity contribution < 1.29 is 4.79 Å². The number of hydrogen-bond donors (Lipinski definition) is 1. The molecule has 1 aromatic carbocycles. The molecule has 1 aromatic rings. The van der Waals surface area contributed by atoms with Gasteiger partial charge in [-0.05, 0) is 6.07 Å². The van der Waals surface area contributed by atoms with E-state index in [1.54, 1.807) is 6.07 Å². The Kier molecular flexibility index (Phi) is 3.61. The number of para-hydroxylation sites is 1. The van der Waals surface area contributed by atoms with Gasteiger partial charge in [-0.1, -0.05) is 38.1 Å². The Morgan fingerprint density at radius 3 is 2.89 bits per heavy atom. The summed E-state index contributed by atoms with van der Waals surface area (Å²) in [6.07, 6.45) is 3.82. The molecule has 0 radical (unpaired) electrons. The Bertz CT molecular complexity index is 482. The summed E-state index contributed by atoms with van der Waals surface area (Å²) in [6.45, 7) is 4.02. The molecule has 1 heterocycles. The van der Waals surface area contributed by atoms with Crippen molar-refractivity contribution >= 4 is 17.5 Å². The smallest absolute Gasteiger partial charge is 0.191 e. The lowest BCUT2D eigenvalue weighted by atomic mass is 10.1. The van der Waals surface area contributed by atoms with Crippen LogP contribution in [0.1, 0.15) is 19.4 Å². The number of carbonyl (C=O) groups is 1.